The van der Waals surface area contributed by atoms with Crippen LogP contribution in [0.2, 0.25) is 0 Å². The van der Waals surface area contributed by atoms with E-state index in [1.165, 1.54) is 6.08 Å². The van der Waals surface area contributed by atoms with Gasteiger partial charge in [0.1, 0.15) is 0 Å². The largest absolute Gasteiger partial charge is 0.388 e. The number of rotatable bonds is 6. The average Bonchev–Trinajstić information content (AvgIpc) is 2.70. The lowest BCUT2D eigenvalue weighted by molar-refractivity contribution is -0.117. The highest BCUT2D eigenvalue weighted by Gasteiger charge is 2.19. The van der Waals surface area contributed by atoms with Crippen molar-refractivity contribution in [2.75, 3.05) is 6.54 Å². The molecule has 100 valence electrons. The van der Waals surface area contributed by atoms with E-state index in [1.54, 1.807) is 23.9 Å². The van der Waals surface area contributed by atoms with Gasteiger partial charge >= 0.3 is 0 Å². The number of aromatic nitrogens is 2. The summed E-state index contributed by atoms with van der Waals surface area (Å²) in [7, 11) is 1.81. The smallest absolute Gasteiger partial charge is 0.244 e. The van der Waals surface area contributed by atoms with Crippen molar-refractivity contribution in [3.05, 3.63) is 24.0 Å². The molecule has 1 rings (SSSR count). The lowest BCUT2D eigenvalue weighted by Crippen LogP contribution is -2.39. The van der Waals surface area contributed by atoms with Gasteiger partial charge in [-0.05, 0) is 25.5 Å². The normalized spacial score (nSPS) is 14.7. The summed E-state index contributed by atoms with van der Waals surface area (Å²) >= 11 is 0. The summed E-state index contributed by atoms with van der Waals surface area (Å²) < 4.78 is 1.68. The van der Waals surface area contributed by atoms with Gasteiger partial charge < -0.3 is 10.4 Å². The summed E-state index contributed by atoms with van der Waals surface area (Å²) in [6, 6.07) is 1.82. The highest BCUT2D eigenvalue weighted by Crippen LogP contribution is 2.09. The predicted octanol–water partition coefficient (Wildman–Crippen LogP) is 1.10. The second kappa shape index (κ2) is 6.35. The van der Waals surface area contributed by atoms with Crippen molar-refractivity contribution in [2.45, 2.75) is 32.3 Å². The first-order chi connectivity index (χ1) is 8.44. The number of aryl methyl sites for hydroxylation is 1. The molecule has 0 radical (unpaired) electrons. The van der Waals surface area contributed by atoms with E-state index >= 15 is 0 Å². The molecule has 1 heterocycles. The third-order valence-corrected chi connectivity index (χ3v) is 2.70. The number of hydrogen-bond donors (Lipinski definition) is 2. The van der Waals surface area contributed by atoms with Gasteiger partial charge in [0.15, 0.2) is 0 Å². The minimum absolute atomic E-state index is 0.215. The quantitative estimate of drug-likeness (QED) is 0.744. The molecule has 1 aromatic rings. The van der Waals surface area contributed by atoms with Crippen LogP contribution in [-0.4, -0.2) is 32.9 Å². The summed E-state index contributed by atoms with van der Waals surface area (Å²) in [6.45, 7) is 3.98. The molecule has 1 atom stereocenters. The van der Waals surface area contributed by atoms with Crippen LogP contribution in [0.15, 0.2) is 18.3 Å². The minimum Gasteiger partial charge on any atom is -0.388 e. The molecule has 0 bridgehead atoms. The van der Waals surface area contributed by atoms with Crippen molar-refractivity contribution in [3.8, 4) is 0 Å². The van der Waals surface area contributed by atoms with Gasteiger partial charge in [0.25, 0.3) is 0 Å². The molecular formula is C13H21N3O2. The molecule has 0 saturated carbocycles. The van der Waals surface area contributed by atoms with Crippen LogP contribution < -0.4 is 5.32 Å². The van der Waals surface area contributed by atoms with Gasteiger partial charge in [-0.2, -0.15) is 5.10 Å². The number of carbonyl (C=O) groups excluding carboxylic acids is 1. The monoisotopic (exact) mass is 251 g/mol. The van der Waals surface area contributed by atoms with Crippen LogP contribution in [0.1, 0.15) is 32.4 Å². The number of nitrogens with zero attached hydrogens (tertiary/aromatic N) is 2. The molecule has 0 aliphatic rings. The first kappa shape index (κ1) is 14.4. The molecule has 0 aliphatic heterocycles. The van der Waals surface area contributed by atoms with Crippen molar-refractivity contribution in [1.82, 2.24) is 15.1 Å². The van der Waals surface area contributed by atoms with Crippen molar-refractivity contribution >= 4 is 12.0 Å². The van der Waals surface area contributed by atoms with E-state index in [-0.39, 0.29) is 12.5 Å². The Balaban J connectivity index is 2.43. The molecule has 5 nitrogen and oxygen atoms in total. The molecule has 1 unspecified atom stereocenters. The fourth-order valence-electron chi connectivity index (χ4n) is 1.67. The van der Waals surface area contributed by atoms with Gasteiger partial charge in [-0.3, -0.25) is 9.48 Å². The van der Waals surface area contributed by atoms with E-state index in [9.17, 15) is 9.90 Å². The first-order valence-electron chi connectivity index (χ1n) is 6.11. The van der Waals surface area contributed by atoms with Crippen LogP contribution in [0.4, 0.5) is 0 Å². The summed E-state index contributed by atoms with van der Waals surface area (Å²) in [5, 5.41) is 16.6. The molecule has 0 spiro atoms. The van der Waals surface area contributed by atoms with Crippen LogP contribution in [0.5, 0.6) is 0 Å². The van der Waals surface area contributed by atoms with E-state index in [2.05, 4.69) is 10.4 Å². The second-order valence-corrected chi connectivity index (χ2v) is 4.68. The van der Waals surface area contributed by atoms with E-state index in [4.69, 9.17) is 0 Å². The van der Waals surface area contributed by atoms with Gasteiger partial charge in [-0.15, -0.1) is 0 Å². The summed E-state index contributed by atoms with van der Waals surface area (Å²) in [4.78, 5) is 11.6. The van der Waals surface area contributed by atoms with Crippen molar-refractivity contribution in [3.63, 3.8) is 0 Å². The SMILES string of the molecule is CCCC(C)(O)CNC(=O)/C=C/c1ccnn1C. The Morgan fingerprint density at radius 2 is 2.39 bits per heavy atom. The molecule has 0 fully saturated rings. The van der Waals surface area contributed by atoms with E-state index in [1.807, 2.05) is 20.0 Å². The Labute approximate surface area is 108 Å². The van der Waals surface area contributed by atoms with Crippen molar-refractivity contribution < 1.29 is 9.90 Å². The molecule has 5 heteroatoms. The predicted molar refractivity (Wildman–Crippen MR) is 70.8 cm³/mol. The average molecular weight is 251 g/mol. The molecule has 2 N–H and O–H groups in total. The molecule has 1 aromatic heterocycles. The maximum Gasteiger partial charge on any atom is 0.244 e. The lowest BCUT2D eigenvalue weighted by atomic mass is 10.0. The number of nitrogens with one attached hydrogen (secondary N) is 1. The first-order valence-corrected chi connectivity index (χ1v) is 6.11. The topological polar surface area (TPSA) is 67.2 Å². The molecular weight excluding hydrogens is 230 g/mol. The number of carbonyl (C=O) groups is 1. The summed E-state index contributed by atoms with van der Waals surface area (Å²) in [5.74, 6) is -0.215. The summed E-state index contributed by atoms with van der Waals surface area (Å²) in [5.41, 5.74) is 0.00980. The Morgan fingerprint density at radius 3 is 2.94 bits per heavy atom. The molecule has 0 aromatic carbocycles. The van der Waals surface area contributed by atoms with Gasteiger partial charge in [0.2, 0.25) is 5.91 Å². The van der Waals surface area contributed by atoms with Gasteiger partial charge in [0, 0.05) is 25.9 Å². The standard InChI is InChI=1S/C13H21N3O2/c1-4-8-13(2,18)10-14-12(17)6-5-11-7-9-15-16(11)3/h5-7,9,18H,4,8,10H2,1-3H3,(H,14,17)/b6-5+. The van der Waals surface area contributed by atoms with E-state index in [0.717, 1.165) is 12.1 Å². The number of aliphatic hydroxyl groups is 1. The van der Waals surface area contributed by atoms with Crippen molar-refractivity contribution in [1.29, 1.82) is 0 Å². The maximum atomic E-state index is 11.6. The third-order valence-electron chi connectivity index (χ3n) is 2.70. The van der Waals surface area contributed by atoms with Gasteiger partial charge in [-0.1, -0.05) is 13.3 Å². The second-order valence-electron chi connectivity index (χ2n) is 4.68. The minimum atomic E-state index is -0.842. The Morgan fingerprint density at radius 1 is 1.67 bits per heavy atom. The Hall–Kier alpha value is -1.62. The third kappa shape index (κ3) is 4.71. The molecule has 18 heavy (non-hydrogen) atoms. The highest BCUT2D eigenvalue weighted by atomic mass is 16.3. The van der Waals surface area contributed by atoms with Crippen LogP contribution in [0.3, 0.4) is 0 Å². The fourth-order valence-corrected chi connectivity index (χ4v) is 1.67. The highest BCUT2D eigenvalue weighted by molar-refractivity contribution is 5.91. The maximum absolute atomic E-state index is 11.6. The zero-order chi connectivity index (χ0) is 13.6. The number of amides is 1. The number of hydrogen-bond acceptors (Lipinski definition) is 3. The van der Waals surface area contributed by atoms with Gasteiger partial charge in [0.05, 0.1) is 11.3 Å². The zero-order valence-electron chi connectivity index (χ0n) is 11.2. The molecule has 0 aliphatic carbocycles. The van der Waals surface area contributed by atoms with Crippen molar-refractivity contribution in [2.24, 2.45) is 7.05 Å². The molecule has 1 amide bonds. The van der Waals surface area contributed by atoms with E-state index < -0.39 is 5.60 Å². The van der Waals surface area contributed by atoms with Crippen LogP contribution in [0.25, 0.3) is 6.08 Å². The Kier molecular flexibility index (Phi) is 5.09. The van der Waals surface area contributed by atoms with Crippen LogP contribution in [-0.2, 0) is 11.8 Å². The zero-order valence-corrected chi connectivity index (χ0v) is 11.2. The van der Waals surface area contributed by atoms with Gasteiger partial charge in [-0.25, -0.2) is 0 Å². The van der Waals surface area contributed by atoms with Crippen LogP contribution in [0, 0.1) is 0 Å². The van der Waals surface area contributed by atoms with E-state index in [0.29, 0.717) is 6.42 Å². The van der Waals surface area contributed by atoms with Crippen LogP contribution >= 0.6 is 0 Å². The molecule has 0 saturated heterocycles. The summed E-state index contributed by atoms with van der Waals surface area (Å²) in [6.07, 6.45) is 6.35. The Bertz CT molecular complexity index is 422. The fraction of sp³-hybridized carbons (Fsp3) is 0.538. The lowest BCUT2D eigenvalue weighted by Gasteiger charge is -2.22.